The molecule has 1 unspecified atom stereocenters. The fourth-order valence-electron chi connectivity index (χ4n) is 0.735. The molecule has 1 radical (unpaired) electrons. The molecule has 1 rings (SSSR count). The molecule has 0 aromatic heterocycles. The van der Waals surface area contributed by atoms with Gasteiger partial charge in [-0.3, -0.25) is 0 Å². The van der Waals surface area contributed by atoms with E-state index >= 15 is 0 Å². The number of halogens is 1. The highest BCUT2D eigenvalue weighted by atomic mass is 35.5. The highest BCUT2D eigenvalue weighted by Gasteiger charge is 2.28. The molecule has 1 heterocycles. The van der Waals surface area contributed by atoms with E-state index < -0.39 is 5.25 Å². The van der Waals surface area contributed by atoms with Gasteiger partial charge in [-0.1, -0.05) is 11.6 Å². The molecule has 0 aromatic carbocycles. The lowest BCUT2D eigenvalue weighted by molar-refractivity contribution is -0.197. The van der Waals surface area contributed by atoms with Crippen LogP contribution in [0.5, 0.6) is 0 Å². The zero-order valence-corrected chi connectivity index (χ0v) is 5.28. The molecule has 0 saturated carbocycles. The van der Waals surface area contributed by atoms with Crippen molar-refractivity contribution in [1.82, 2.24) is 0 Å². The molecule has 8 heavy (non-hydrogen) atoms. The molecule has 1 saturated heterocycles. The first-order valence-electron chi connectivity index (χ1n) is 2.74. The Labute approximate surface area is 53.4 Å². The van der Waals surface area contributed by atoms with Crippen LogP contribution < -0.4 is 0 Å². The lowest BCUT2D eigenvalue weighted by Crippen LogP contribution is -2.27. The van der Waals surface area contributed by atoms with Crippen molar-refractivity contribution in [1.29, 1.82) is 0 Å². The average Bonchev–Trinajstić information content (AvgIpc) is 1.65. The van der Waals surface area contributed by atoms with Gasteiger partial charge in [-0.25, -0.2) is 0 Å². The molecule has 2 nitrogen and oxygen atoms in total. The van der Waals surface area contributed by atoms with E-state index in [1.165, 1.54) is 0 Å². The second-order valence-corrected chi connectivity index (χ2v) is 2.54. The average molecular weight is 136 g/mol. The molecule has 3 heteroatoms. The number of hydrogen-bond acceptors (Lipinski definition) is 1. The predicted octanol–water partition coefficient (Wildman–Crippen LogP) is 1.51. The fraction of sp³-hybridized carbons (Fsp3) is 1.00. The third-order valence-corrected chi connectivity index (χ3v) is 1.49. The molecular formula is C5H8ClO2. The largest absolute Gasteiger partial charge is 0.335 e. The van der Waals surface area contributed by atoms with Crippen LogP contribution in [0.4, 0.5) is 0 Å². The molecule has 0 bridgehead atoms. The predicted molar refractivity (Wildman–Crippen MR) is 29.1 cm³/mol. The molecular weight excluding hydrogens is 128 g/mol. The van der Waals surface area contributed by atoms with E-state index in [2.05, 4.69) is 4.74 Å². The topological polar surface area (TPSA) is 29.1 Å². The van der Waals surface area contributed by atoms with E-state index in [1.54, 1.807) is 0 Å². The van der Waals surface area contributed by atoms with Crippen LogP contribution in [0.15, 0.2) is 0 Å². The Morgan fingerprint density at radius 1 is 1.50 bits per heavy atom. The summed E-state index contributed by atoms with van der Waals surface area (Å²) in [5.74, 6) is 0. The van der Waals surface area contributed by atoms with Gasteiger partial charge in [-0.2, -0.15) is 5.11 Å². The number of hydrogen-bond donors (Lipinski definition) is 0. The number of alkyl halides is 1. The quantitative estimate of drug-likeness (QED) is 0.463. The lowest BCUT2D eigenvalue weighted by atomic mass is 10.2. The van der Waals surface area contributed by atoms with Gasteiger partial charge in [0.05, 0.1) is 6.61 Å². The minimum Gasteiger partial charge on any atom is -0.335 e. The Balaban J connectivity index is 2.33. The molecule has 1 fully saturated rings. The summed E-state index contributed by atoms with van der Waals surface area (Å²) >= 11 is 5.29. The summed E-state index contributed by atoms with van der Waals surface area (Å²) in [7, 11) is 0. The normalized spacial score (nSPS) is 39.8. The van der Waals surface area contributed by atoms with Gasteiger partial charge in [-0.15, -0.1) is 0 Å². The highest BCUT2D eigenvalue weighted by molar-refractivity contribution is 6.21. The number of ether oxygens (including phenoxy) is 1. The van der Waals surface area contributed by atoms with E-state index in [1.807, 2.05) is 0 Å². The van der Waals surface area contributed by atoms with Gasteiger partial charge in [0.25, 0.3) is 5.25 Å². The molecule has 0 spiro atoms. The molecule has 1 atom stereocenters. The highest BCUT2D eigenvalue weighted by Crippen LogP contribution is 2.25. The second kappa shape index (κ2) is 2.21. The van der Waals surface area contributed by atoms with Gasteiger partial charge in [0.15, 0.2) is 0 Å². The molecule has 0 N–H and O–H groups in total. The van der Waals surface area contributed by atoms with Crippen LogP contribution in [0.1, 0.15) is 19.3 Å². The molecule has 0 aliphatic carbocycles. The maximum atomic E-state index is 10.7. The monoisotopic (exact) mass is 135 g/mol. The van der Waals surface area contributed by atoms with Crippen LogP contribution in [0, 0.1) is 0 Å². The van der Waals surface area contributed by atoms with E-state index in [4.69, 9.17) is 11.6 Å². The third-order valence-electron chi connectivity index (χ3n) is 1.19. The van der Waals surface area contributed by atoms with Gasteiger partial charge in [0.2, 0.25) is 0 Å². The van der Waals surface area contributed by atoms with Crippen LogP contribution in [-0.4, -0.2) is 11.9 Å². The van der Waals surface area contributed by atoms with Gasteiger partial charge in [-0.05, 0) is 12.8 Å². The molecule has 0 aromatic rings. The molecule has 47 valence electrons. The van der Waals surface area contributed by atoms with Crippen LogP contribution in [0.2, 0.25) is 0 Å². The van der Waals surface area contributed by atoms with Crippen LogP contribution >= 0.6 is 11.6 Å². The maximum Gasteiger partial charge on any atom is 0.278 e. The van der Waals surface area contributed by atoms with Gasteiger partial charge in [0.1, 0.15) is 0 Å². The standard InChI is InChI=1S/C5H8ClO2/c6-5(7)3-1-2-4-8-5/h1-4H2. The van der Waals surface area contributed by atoms with E-state index in [0.717, 1.165) is 12.8 Å². The van der Waals surface area contributed by atoms with Crippen LogP contribution in [0.3, 0.4) is 0 Å². The Morgan fingerprint density at radius 2 is 2.25 bits per heavy atom. The van der Waals surface area contributed by atoms with Crippen molar-refractivity contribution in [2.75, 3.05) is 6.61 Å². The van der Waals surface area contributed by atoms with E-state index in [9.17, 15) is 5.11 Å². The van der Waals surface area contributed by atoms with Crippen molar-refractivity contribution in [3.05, 3.63) is 0 Å². The van der Waals surface area contributed by atoms with Gasteiger partial charge < -0.3 is 4.74 Å². The lowest BCUT2D eigenvalue weighted by Gasteiger charge is -2.22. The Bertz CT molecular complexity index is 74.5. The maximum absolute atomic E-state index is 10.7. The van der Waals surface area contributed by atoms with Crippen LogP contribution in [0.25, 0.3) is 0 Å². The molecule has 1 aliphatic heterocycles. The zero-order chi connectivity index (χ0) is 6.04. The second-order valence-electron chi connectivity index (χ2n) is 1.97. The molecule has 1 aliphatic rings. The minimum atomic E-state index is -1.60. The Hall–Kier alpha value is 0.210. The SMILES string of the molecule is [O]C1(Cl)CCCCO1. The summed E-state index contributed by atoms with van der Waals surface area (Å²) < 4.78 is 4.68. The summed E-state index contributed by atoms with van der Waals surface area (Å²) in [4.78, 5) is 0. The van der Waals surface area contributed by atoms with Crippen molar-refractivity contribution in [2.24, 2.45) is 0 Å². The summed E-state index contributed by atoms with van der Waals surface area (Å²) in [5.41, 5.74) is 0. The van der Waals surface area contributed by atoms with Crippen molar-refractivity contribution in [3.63, 3.8) is 0 Å². The molecule has 0 amide bonds. The first-order valence-corrected chi connectivity index (χ1v) is 3.12. The third kappa shape index (κ3) is 1.62. The number of rotatable bonds is 0. The summed E-state index contributed by atoms with van der Waals surface area (Å²) in [5, 5.41) is 9.07. The summed E-state index contributed by atoms with van der Waals surface area (Å²) in [6, 6.07) is 0. The van der Waals surface area contributed by atoms with E-state index in [-0.39, 0.29) is 0 Å². The van der Waals surface area contributed by atoms with Crippen molar-refractivity contribution in [2.45, 2.75) is 24.5 Å². The smallest absolute Gasteiger partial charge is 0.278 e. The minimum absolute atomic E-state index is 0.439. The van der Waals surface area contributed by atoms with E-state index in [0.29, 0.717) is 13.0 Å². The van der Waals surface area contributed by atoms with Gasteiger partial charge in [0, 0.05) is 6.42 Å². The van der Waals surface area contributed by atoms with Gasteiger partial charge >= 0.3 is 0 Å². The fourth-order valence-corrected chi connectivity index (χ4v) is 0.946. The summed E-state index contributed by atoms with van der Waals surface area (Å²) in [6.07, 6.45) is 2.30. The van der Waals surface area contributed by atoms with Crippen molar-refractivity contribution >= 4 is 11.6 Å². The summed E-state index contributed by atoms with van der Waals surface area (Å²) in [6.45, 7) is 0.521. The van der Waals surface area contributed by atoms with Crippen LogP contribution in [-0.2, 0) is 9.84 Å². The zero-order valence-electron chi connectivity index (χ0n) is 4.52. The van der Waals surface area contributed by atoms with Crippen molar-refractivity contribution < 1.29 is 9.84 Å². The Morgan fingerprint density at radius 3 is 2.50 bits per heavy atom. The first kappa shape index (κ1) is 6.33. The van der Waals surface area contributed by atoms with Crippen molar-refractivity contribution in [3.8, 4) is 0 Å². The Kier molecular flexibility index (Phi) is 1.75. The first-order chi connectivity index (χ1) is 3.71.